The molecule has 0 radical (unpaired) electrons. The van der Waals surface area contributed by atoms with Gasteiger partial charge in [0, 0.05) is 35.6 Å². The maximum Gasteiger partial charge on any atom is 0.341 e. The maximum absolute atomic E-state index is 10.6. The minimum Gasteiger partial charge on any atom is -0.481 e. The molecule has 2 N–H and O–H groups in total. The molecule has 0 aliphatic rings. The molecule has 0 spiro atoms. The van der Waals surface area contributed by atoms with Gasteiger partial charge in [-0.2, -0.15) is 0 Å². The molecule has 104 valence electrons. The van der Waals surface area contributed by atoms with E-state index in [0.717, 1.165) is 0 Å². The summed E-state index contributed by atoms with van der Waals surface area (Å²) in [5.41, 5.74) is 1.33. The van der Waals surface area contributed by atoms with Crippen LogP contribution in [0, 0.1) is 0 Å². The van der Waals surface area contributed by atoms with Gasteiger partial charge in [-0.1, -0.05) is 11.6 Å². The van der Waals surface area contributed by atoms with Crippen LogP contribution in [-0.2, 0) is 4.79 Å². The van der Waals surface area contributed by atoms with E-state index in [1.807, 2.05) is 0 Å². The van der Waals surface area contributed by atoms with Crippen molar-refractivity contribution in [2.45, 2.75) is 0 Å². The second kappa shape index (κ2) is 6.21. The summed E-state index contributed by atoms with van der Waals surface area (Å²) in [4.78, 5) is 18.8. The summed E-state index contributed by atoms with van der Waals surface area (Å²) in [6, 6.07) is 4.92. The minimum atomic E-state index is -1.05. The quantitative estimate of drug-likeness (QED) is 0.880. The Bertz CT molecular complexity index is 617. The van der Waals surface area contributed by atoms with Crippen LogP contribution in [0.4, 0.5) is 5.95 Å². The molecule has 1 heterocycles. The van der Waals surface area contributed by atoms with Crippen molar-refractivity contribution in [1.82, 2.24) is 9.97 Å². The Morgan fingerprint density at radius 1 is 1.40 bits per heavy atom. The number of nitrogens with zero attached hydrogens (tertiary/aromatic N) is 2. The molecule has 2 rings (SSSR count). The zero-order chi connectivity index (χ0) is 14.5. The average Bonchev–Trinajstić information content (AvgIpc) is 2.46. The van der Waals surface area contributed by atoms with Gasteiger partial charge in [-0.25, -0.2) is 14.8 Å². The Morgan fingerprint density at radius 3 is 2.70 bits per heavy atom. The molecule has 0 bridgehead atoms. The second-order valence-corrected chi connectivity index (χ2v) is 4.30. The lowest BCUT2D eigenvalue weighted by Gasteiger charge is -2.10. The molecular formula is C13H12ClN3O3. The summed E-state index contributed by atoms with van der Waals surface area (Å²) in [6.45, 7) is -0.426. The average molecular weight is 294 g/mol. The van der Waals surface area contributed by atoms with Crippen LogP contribution in [0.3, 0.4) is 0 Å². The van der Waals surface area contributed by atoms with E-state index in [2.05, 4.69) is 15.3 Å². The fourth-order valence-corrected chi connectivity index (χ4v) is 1.76. The van der Waals surface area contributed by atoms with E-state index in [9.17, 15) is 4.79 Å². The molecule has 0 unspecified atom stereocenters. The smallest absolute Gasteiger partial charge is 0.341 e. The number of hydrogen-bond donors (Lipinski definition) is 2. The molecule has 0 fully saturated rings. The van der Waals surface area contributed by atoms with E-state index < -0.39 is 12.6 Å². The monoisotopic (exact) mass is 293 g/mol. The summed E-state index contributed by atoms with van der Waals surface area (Å²) in [6.07, 6.45) is 3.22. The molecule has 7 heteroatoms. The van der Waals surface area contributed by atoms with E-state index in [1.165, 1.54) is 0 Å². The number of benzene rings is 1. The molecule has 0 atom stereocenters. The van der Waals surface area contributed by atoms with Gasteiger partial charge in [-0.05, 0) is 18.2 Å². The van der Waals surface area contributed by atoms with Crippen molar-refractivity contribution in [1.29, 1.82) is 0 Å². The van der Waals surface area contributed by atoms with Crippen molar-refractivity contribution in [3.63, 3.8) is 0 Å². The Morgan fingerprint density at radius 2 is 2.10 bits per heavy atom. The van der Waals surface area contributed by atoms with Gasteiger partial charge in [0.05, 0.1) is 0 Å². The van der Waals surface area contributed by atoms with E-state index in [-0.39, 0.29) is 0 Å². The SMILES string of the molecule is CNc1ncc(-c2cc(Cl)ccc2OCC(=O)O)cn1. The van der Waals surface area contributed by atoms with Gasteiger partial charge in [-0.15, -0.1) is 0 Å². The third kappa shape index (κ3) is 3.36. The first-order chi connectivity index (χ1) is 9.60. The molecule has 0 amide bonds. The lowest BCUT2D eigenvalue weighted by Crippen LogP contribution is -2.10. The largest absolute Gasteiger partial charge is 0.481 e. The number of carbonyl (C=O) groups is 1. The van der Waals surface area contributed by atoms with Crippen molar-refractivity contribution < 1.29 is 14.6 Å². The first-order valence-corrected chi connectivity index (χ1v) is 6.12. The highest BCUT2D eigenvalue weighted by Gasteiger charge is 2.10. The van der Waals surface area contributed by atoms with Crippen LogP contribution >= 0.6 is 11.6 Å². The second-order valence-electron chi connectivity index (χ2n) is 3.87. The van der Waals surface area contributed by atoms with Crippen molar-refractivity contribution in [3.05, 3.63) is 35.6 Å². The van der Waals surface area contributed by atoms with E-state index in [0.29, 0.717) is 27.8 Å². The molecule has 0 aliphatic carbocycles. The van der Waals surface area contributed by atoms with Crippen LogP contribution in [0.2, 0.25) is 5.02 Å². The molecule has 1 aromatic carbocycles. The third-order valence-electron chi connectivity index (χ3n) is 2.48. The van der Waals surface area contributed by atoms with Crippen molar-refractivity contribution in [3.8, 4) is 16.9 Å². The van der Waals surface area contributed by atoms with E-state index >= 15 is 0 Å². The molecule has 0 saturated heterocycles. The highest BCUT2D eigenvalue weighted by Crippen LogP contribution is 2.32. The van der Waals surface area contributed by atoms with Crippen molar-refractivity contribution in [2.75, 3.05) is 19.0 Å². The lowest BCUT2D eigenvalue weighted by molar-refractivity contribution is -0.139. The van der Waals surface area contributed by atoms with Gasteiger partial charge < -0.3 is 15.2 Å². The van der Waals surface area contributed by atoms with Crippen LogP contribution < -0.4 is 10.1 Å². The molecular weight excluding hydrogens is 282 g/mol. The number of ether oxygens (including phenoxy) is 1. The fraction of sp³-hybridized carbons (Fsp3) is 0.154. The van der Waals surface area contributed by atoms with Crippen molar-refractivity contribution >= 4 is 23.5 Å². The number of nitrogens with one attached hydrogen (secondary N) is 1. The number of halogens is 1. The standard InChI is InChI=1S/C13H12ClN3O3/c1-15-13-16-5-8(6-17-13)10-4-9(14)2-3-11(10)20-7-12(18)19/h2-6H,7H2,1H3,(H,18,19)(H,15,16,17). The van der Waals surface area contributed by atoms with Crippen LogP contribution in [0.15, 0.2) is 30.6 Å². The van der Waals surface area contributed by atoms with Gasteiger partial charge in [0.1, 0.15) is 5.75 Å². The highest BCUT2D eigenvalue weighted by atomic mass is 35.5. The van der Waals surface area contributed by atoms with Gasteiger partial charge in [0.25, 0.3) is 0 Å². The summed E-state index contributed by atoms with van der Waals surface area (Å²) < 4.78 is 5.24. The molecule has 0 saturated carbocycles. The normalized spacial score (nSPS) is 10.1. The Balaban J connectivity index is 2.36. The number of anilines is 1. The van der Waals surface area contributed by atoms with E-state index in [4.69, 9.17) is 21.4 Å². The number of carboxylic acid groups (broad SMARTS) is 1. The first kappa shape index (κ1) is 14.1. The molecule has 0 aliphatic heterocycles. The minimum absolute atomic E-state index is 0.414. The maximum atomic E-state index is 10.6. The summed E-state index contributed by atoms with van der Waals surface area (Å²) in [5.74, 6) is -0.144. The predicted molar refractivity (Wildman–Crippen MR) is 75.2 cm³/mol. The van der Waals surface area contributed by atoms with Crippen LogP contribution in [0.1, 0.15) is 0 Å². The number of carboxylic acids is 1. The zero-order valence-corrected chi connectivity index (χ0v) is 11.4. The summed E-state index contributed by atoms with van der Waals surface area (Å²) >= 11 is 5.96. The van der Waals surface area contributed by atoms with Gasteiger partial charge in [0.15, 0.2) is 6.61 Å². The van der Waals surface area contributed by atoms with Crippen LogP contribution in [0.5, 0.6) is 5.75 Å². The fourth-order valence-electron chi connectivity index (χ4n) is 1.59. The van der Waals surface area contributed by atoms with Crippen LogP contribution in [0.25, 0.3) is 11.1 Å². The number of rotatable bonds is 5. The molecule has 20 heavy (non-hydrogen) atoms. The number of aliphatic carboxylic acids is 1. The summed E-state index contributed by atoms with van der Waals surface area (Å²) in [7, 11) is 1.72. The van der Waals surface area contributed by atoms with Crippen molar-refractivity contribution in [2.24, 2.45) is 0 Å². The highest BCUT2D eigenvalue weighted by molar-refractivity contribution is 6.31. The third-order valence-corrected chi connectivity index (χ3v) is 2.71. The lowest BCUT2D eigenvalue weighted by atomic mass is 10.1. The Hall–Kier alpha value is -2.34. The zero-order valence-electron chi connectivity index (χ0n) is 10.6. The van der Waals surface area contributed by atoms with Crippen LogP contribution in [-0.4, -0.2) is 34.7 Å². The number of hydrogen-bond acceptors (Lipinski definition) is 5. The molecule has 2 aromatic rings. The first-order valence-electron chi connectivity index (χ1n) is 5.74. The summed E-state index contributed by atoms with van der Waals surface area (Å²) in [5, 5.41) is 12.0. The molecule has 6 nitrogen and oxygen atoms in total. The molecule has 1 aromatic heterocycles. The van der Waals surface area contributed by atoms with Gasteiger partial charge in [-0.3, -0.25) is 0 Å². The Labute approximate surface area is 120 Å². The van der Waals surface area contributed by atoms with Gasteiger partial charge in [0.2, 0.25) is 5.95 Å². The van der Waals surface area contributed by atoms with Gasteiger partial charge >= 0.3 is 5.97 Å². The predicted octanol–water partition coefficient (Wildman–Crippen LogP) is 2.30. The topological polar surface area (TPSA) is 84.3 Å². The van der Waals surface area contributed by atoms with E-state index in [1.54, 1.807) is 37.6 Å². The number of aromatic nitrogens is 2. The Kier molecular flexibility index (Phi) is 4.37.